The minimum absolute atomic E-state index is 0.0320. The van der Waals surface area contributed by atoms with Crippen LogP contribution in [0.15, 0.2) is 42.7 Å². The average molecular weight is 247 g/mol. The van der Waals surface area contributed by atoms with Crippen LogP contribution in [0.3, 0.4) is 0 Å². The summed E-state index contributed by atoms with van der Waals surface area (Å²) in [5, 5.41) is 15.3. The number of carbonyl (C=O) groups excluding carboxylic acids is 1. The van der Waals surface area contributed by atoms with Gasteiger partial charge in [0.05, 0.1) is 18.0 Å². The van der Waals surface area contributed by atoms with Crippen LogP contribution in [0.4, 0.5) is 10.5 Å². The lowest BCUT2D eigenvalue weighted by Crippen LogP contribution is -2.17. The van der Waals surface area contributed by atoms with Crippen molar-refractivity contribution in [2.75, 3.05) is 18.5 Å². The van der Waals surface area contributed by atoms with E-state index in [1.807, 2.05) is 12.1 Å². The predicted molar refractivity (Wildman–Crippen MR) is 65.6 cm³/mol. The van der Waals surface area contributed by atoms with Crippen molar-refractivity contribution in [3.8, 4) is 5.69 Å². The maximum Gasteiger partial charge on any atom is 0.411 e. The zero-order valence-electron chi connectivity index (χ0n) is 9.61. The van der Waals surface area contributed by atoms with E-state index >= 15 is 0 Å². The van der Waals surface area contributed by atoms with Gasteiger partial charge in [0.1, 0.15) is 6.61 Å². The molecule has 6 nitrogen and oxygen atoms in total. The van der Waals surface area contributed by atoms with Gasteiger partial charge in [0.25, 0.3) is 0 Å². The monoisotopic (exact) mass is 247 g/mol. The highest BCUT2D eigenvalue weighted by atomic mass is 16.6. The van der Waals surface area contributed by atoms with Gasteiger partial charge in [-0.25, -0.2) is 9.48 Å². The van der Waals surface area contributed by atoms with E-state index in [4.69, 9.17) is 9.84 Å². The minimum Gasteiger partial charge on any atom is -0.447 e. The van der Waals surface area contributed by atoms with Crippen molar-refractivity contribution >= 4 is 11.8 Å². The molecule has 2 aromatic rings. The third-order valence-corrected chi connectivity index (χ3v) is 2.22. The lowest BCUT2D eigenvalue weighted by atomic mass is 10.2. The van der Waals surface area contributed by atoms with Crippen LogP contribution in [0.2, 0.25) is 0 Å². The number of aliphatic hydroxyl groups excluding tert-OH is 1. The van der Waals surface area contributed by atoms with Crippen LogP contribution in [0, 0.1) is 0 Å². The van der Waals surface area contributed by atoms with Crippen molar-refractivity contribution < 1.29 is 14.6 Å². The molecule has 0 bridgehead atoms. The lowest BCUT2D eigenvalue weighted by molar-refractivity contribution is 0.131. The van der Waals surface area contributed by atoms with Gasteiger partial charge < -0.3 is 9.84 Å². The van der Waals surface area contributed by atoms with Crippen molar-refractivity contribution in [1.82, 2.24) is 9.78 Å². The number of para-hydroxylation sites is 2. The summed E-state index contributed by atoms with van der Waals surface area (Å²) in [6.45, 7) is -0.232. The number of aliphatic hydroxyl groups is 1. The number of anilines is 1. The molecule has 0 aliphatic carbocycles. The van der Waals surface area contributed by atoms with Crippen molar-refractivity contribution in [1.29, 1.82) is 0 Å². The van der Waals surface area contributed by atoms with Gasteiger partial charge >= 0.3 is 6.09 Å². The molecular weight excluding hydrogens is 234 g/mol. The van der Waals surface area contributed by atoms with E-state index in [1.165, 1.54) is 0 Å². The minimum atomic E-state index is -0.608. The average Bonchev–Trinajstić information content (AvgIpc) is 2.91. The second kappa shape index (κ2) is 5.83. The number of amides is 1. The molecule has 1 aromatic heterocycles. The SMILES string of the molecule is O=C(Nc1ccccc1-n1cccn1)OCCO. The number of nitrogens with zero attached hydrogens (tertiary/aromatic N) is 2. The molecule has 0 fully saturated rings. The van der Waals surface area contributed by atoms with Crippen LogP contribution in [0.25, 0.3) is 5.69 Å². The molecular formula is C12H13N3O3. The summed E-state index contributed by atoms with van der Waals surface area (Å²) in [6, 6.07) is 9.02. The molecule has 0 aliphatic rings. The third kappa shape index (κ3) is 2.86. The second-order valence-corrected chi connectivity index (χ2v) is 3.45. The zero-order valence-corrected chi connectivity index (χ0v) is 9.61. The summed E-state index contributed by atoms with van der Waals surface area (Å²) in [4.78, 5) is 11.4. The Bertz CT molecular complexity index is 511. The Morgan fingerprint density at radius 2 is 2.22 bits per heavy atom. The normalized spacial score (nSPS) is 10.1. The molecule has 0 saturated heterocycles. The number of rotatable bonds is 4. The Kier molecular flexibility index (Phi) is 3.93. The number of carbonyl (C=O) groups is 1. The first kappa shape index (κ1) is 12.1. The lowest BCUT2D eigenvalue weighted by Gasteiger charge is -2.10. The number of nitrogens with one attached hydrogen (secondary N) is 1. The van der Waals surface area contributed by atoms with E-state index in [0.717, 1.165) is 5.69 Å². The number of aromatic nitrogens is 2. The molecule has 1 aromatic carbocycles. The largest absolute Gasteiger partial charge is 0.447 e. The Hall–Kier alpha value is -2.34. The molecule has 18 heavy (non-hydrogen) atoms. The standard InChI is InChI=1S/C12H13N3O3/c16-8-9-18-12(17)14-10-4-1-2-5-11(10)15-7-3-6-13-15/h1-7,16H,8-9H2,(H,14,17). The maximum atomic E-state index is 11.4. The fraction of sp³-hybridized carbons (Fsp3) is 0.167. The molecule has 2 N–H and O–H groups in total. The summed E-state index contributed by atoms with van der Waals surface area (Å²) >= 11 is 0. The van der Waals surface area contributed by atoms with Crippen molar-refractivity contribution in [3.63, 3.8) is 0 Å². The predicted octanol–water partition coefficient (Wildman–Crippen LogP) is 1.41. The van der Waals surface area contributed by atoms with Gasteiger partial charge in [-0.05, 0) is 18.2 Å². The first-order valence-corrected chi connectivity index (χ1v) is 5.45. The van der Waals surface area contributed by atoms with Gasteiger partial charge in [-0.15, -0.1) is 0 Å². The number of ether oxygens (including phenoxy) is 1. The fourth-order valence-corrected chi connectivity index (χ4v) is 1.47. The molecule has 94 valence electrons. The Labute approximate surface area is 104 Å². The van der Waals surface area contributed by atoms with Crippen molar-refractivity contribution in [2.45, 2.75) is 0 Å². The molecule has 0 spiro atoms. The fourth-order valence-electron chi connectivity index (χ4n) is 1.47. The van der Waals surface area contributed by atoms with Crippen LogP contribution < -0.4 is 5.32 Å². The van der Waals surface area contributed by atoms with Crippen LogP contribution in [-0.4, -0.2) is 34.2 Å². The highest BCUT2D eigenvalue weighted by molar-refractivity contribution is 5.87. The molecule has 0 saturated carbocycles. The highest BCUT2D eigenvalue weighted by Crippen LogP contribution is 2.18. The van der Waals surface area contributed by atoms with E-state index in [9.17, 15) is 4.79 Å². The third-order valence-electron chi connectivity index (χ3n) is 2.22. The van der Waals surface area contributed by atoms with Gasteiger partial charge in [0.15, 0.2) is 0 Å². The van der Waals surface area contributed by atoms with Gasteiger partial charge in [-0.2, -0.15) is 5.10 Å². The Balaban J connectivity index is 2.16. The summed E-state index contributed by atoms with van der Waals surface area (Å²) in [6.07, 6.45) is 2.82. The molecule has 0 unspecified atom stereocenters. The molecule has 0 aliphatic heterocycles. The van der Waals surface area contributed by atoms with Gasteiger partial charge in [0.2, 0.25) is 0 Å². The first-order chi connectivity index (χ1) is 8.81. The molecule has 6 heteroatoms. The van der Waals surface area contributed by atoms with Crippen LogP contribution in [0.1, 0.15) is 0 Å². The summed E-state index contributed by atoms with van der Waals surface area (Å²) in [7, 11) is 0. The van der Waals surface area contributed by atoms with E-state index in [2.05, 4.69) is 10.4 Å². The van der Waals surface area contributed by atoms with Gasteiger partial charge in [-0.1, -0.05) is 12.1 Å². The molecule has 1 amide bonds. The summed E-state index contributed by atoms with van der Waals surface area (Å²) < 4.78 is 6.38. The van der Waals surface area contributed by atoms with E-state index in [1.54, 1.807) is 35.3 Å². The smallest absolute Gasteiger partial charge is 0.411 e. The first-order valence-electron chi connectivity index (χ1n) is 5.45. The van der Waals surface area contributed by atoms with Gasteiger partial charge in [-0.3, -0.25) is 5.32 Å². The number of hydrogen-bond acceptors (Lipinski definition) is 4. The molecule has 0 radical (unpaired) electrons. The quantitative estimate of drug-likeness (QED) is 0.856. The maximum absolute atomic E-state index is 11.4. The van der Waals surface area contributed by atoms with E-state index < -0.39 is 6.09 Å². The number of benzene rings is 1. The van der Waals surface area contributed by atoms with E-state index in [-0.39, 0.29) is 13.2 Å². The van der Waals surface area contributed by atoms with Crippen LogP contribution >= 0.6 is 0 Å². The summed E-state index contributed by atoms with van der Waals surface area (Å²) in [5.41, 5.74) is 1.33. The topological polar surface area (TPSA) is 76.4 Å². The highest BCUT2D eigenvalue weighted by Gasteiger charge is 2.08. The second-order valence-electron chi connectivity index (χ2n) is 3.45. The van der Waals surface area contributed by atoms with Gasteiger partial charge in [0, 0.05) is 12.4 Å². The molecule has 1 heterocycles. The van der Waals surface area contributed by atoms with E-state index in [0.29, 0.717) is 5.69 Å². The Morgan fingerprint density at radius 3 is 2.94 bits per heavy atom. The molecule has 0 atom stereocenters. The van der Waals surface area contributed by atoms with Crippen LogP contribution in [-0.2, 0) is 4.74 Å². The Morgan fingerprint density at radius 1 is 1.39 bits per heavy atom. The van der Waals surface area contributed by atoms with Crippen molar-refractivity contribution in [2.24, 2.45) is 0 Å². The number of hydrogen-bond donors (Lipinski definition) is 2. The molecule has 2 rings (SSSR count). The van der Waals surface area contributed by atoms with Crippen molar-refractivity contribution in [3.05, 3.63) is 42.7 Å². The summed E-state index contributed by atoms with van der Waals surface area (Å²) in [5.74, 6) is 0. The zero-order chi connectivity index (χ0) is 12.8. The van der Waals surface area contributed by atoms with Crippen LogP contribution in [0.5, 0.6) is 0 Å².